The standard InChI is InChI=1S/C15H18N2O3/c1-10-8-11(2)17(16-10)15(18)12(3)20-14-7-5-6-13(9-14)19-4/h5-9,12H,1-4H3. The van der Waals surface area contributed by atoms with Gasteiger partial charge < -0.3 is 9.47 Å². The second-order valence-corrected chi connectivity index (χ2v) is 4.62. The van der Waals surface area contributed by atoms with Crippen molar-refractivity contribution in [3.05, 3.63) is 41.7 Å². The van der Waals surface area contributed by atoms with E-state index in [0.29, 0.717) is 11.5 Å². The molecule has 1 atom stereocenters. The van der Waals surface area contributed by atoms with E-state index in [1.165, 1.54) is 4.68 Å². The number of ether oxygens (including phenoxy) is 2. The van der Waals surface area contributed by atoms with Crippen molar-refractivity contribution >= 4 is 5.91 Å². The number of nitrogens with zero attached hydrogens (tertiary/aromatic N) is 2. The van der Waals surface area contributed by atoms with Gasteiger partial charge in [-0.2, -0.15) is 5.10 Å². The number of aromatic nitrogens is 2. The van der Waals surface area contributed by atoms with Gasteiger partial charge in [-0.25, -0.2) is 4.68 Å². The molecule has 2 aromatic rings. The average Bonchev–Trinajstić information content (AvgIpc) is 2.77. The maximum absolute atomic E-state index is 12.3. The van der Waals surface area contributed by atoms with E-state index in [0.717, 1.165) is 11.4 Å². The largest absolute Gasteiger partial charge is 0.497 e. The van der Waals surface area contributed by atoms with Gasteiger partial charge >= 0.3 is 0 Å². The zero-order valence-corrected chi connectivity index (χ0v) is 12.1. The molecule has 1 unspecified atom stereocenters. The van der Waals surface area contributed by atoms with Crippen molar-refractivity contribution in [2.24, 2.45) is 0 Å². The fraction of sp³-hybridized carbons (Fsp3) is 0.333. The lowest BCUT2D eigenvalue weighted by Crippen LogP contribution is -2.30. The first-order valence-electron chi connectivity index (χ1n) is 6.39. The average molecular weight is 274 g/mol. The highest BCUT2D eigenvalue weighted by Gasteiger charge is 2.19. The molecule has 5 nitrogen and oxygen atoms in total. The van der Waals surface area contributed by atoms with E-state index >= 15 is 0 Å². The molecule has 0 bridgehead atoms. The molecule has 0 fully saturated rings. The van der Waals surface area contributed by atoms with Crippen molar-refractivity contribution in [2.75, 3.05) is 7.11 Å². The Morgan fingerprint density at radius 1 is 1.25 bits per heavy atom. The lowest BCUT2D eigenvalue weighted by molar-refractivity contribution is 0.0707. The maximum atomic E-state index is 12.3. The van der Waals surface area contributed by atoms with Gasteiger partial charge in [-0.3, -0.25) is 4.79 Å². The first-order valence-corrected chi connectivity index (χ1v) is 6.39. The topological polar surface area (TPSA) is 53.4 Å². The SMILES string of the molecule is COc1cccc(OC(C)C(=O)n2nc(C)cc2C)c1. The molecule has 0 saturated heterocycles. The molecule has 0 radical (unpaired) electrons. The highest BCUT2D eigenvalue weighted by molar-refractivity contribution is 5.83. The van der Waals surface area contributed by atoms with Crippen LogP contribution in [-0.2, 0) is 0 Å². The quantitative estimate of drug-likeness (QED) is 0.860. The number of aryl methyl sites for hydroxylation is 2. The highest BCUT2D eigenvalue weighted by Crippen LogP contribution is 2.20. The minimum Gasteiger partial charge on any atom is -0.497 e. The van der Waals surface area contributed by atoms with Crippen LogP contribution in [0.5, 0.6) is 11.5 Å². The Morgan fingerprint density at radius 3 is 2.55 bits per heavy atom. The summed E-state index contributed by atoms with van der Waals surface area (Å²) in [5.74, 6) is 1.08. The van der Waals surface area contributed by atoms with Crippen LogP contribution >= 0.6 is 0 Å². The third-order valence-corrected chi connectivity index (χ3v) is 2.92. The van der Waals surface area contributed by atoms with E-state index in [4.69, 9.17) is 9.47 Å². The molecule has 2 rings (SSSR count). The fourth-order valence-corrected chi connectivity index (χ4v) is 1.95. The molecule has 0 aliphatic carbocycles. The number of carbonyl (C=O) groups excluding carboxylic acids is 1. The summed E-state index contributed by atoms with van der Waals surface area (Å²) < 4.78 is 12.1. The summed E-state index contributed by atoms with van der Waals surface area (Å²) in [4.78, 5) is 12.3. The summed E-state index contributed by atoms with van der Waals surface area (Å²) in [5, 5.41) is 4.17. The minimum atomic E-state index is -0.625. The minimum absolute atomic E-state index is 0.196. The number of rotatable bonds is 4. The molecule has 0 aliphatic heterocycles. The van der Waals surface area contributed by atoms with Gasteiger partial charge in [-0.05, 0) is 39.0 Å². The Labute approximate surface area is 118 Å². The van der Waals surface area contributed by atoms with Crippen LogP contribution < -0.4 is 9.47 Å². The molecule has 5 heteroatoms. The zero-order valence-electron chi connectivity index (χ0n) is 12.1. The normalized spacial score (nSPS) is 12.0. The lowest BCUT2D eigenvalue weighted by atomic mass is 10.3. The van der Waals surface area contributed by atoms with Crippen molar-refractivity contribution in [3.63, 3.8) is 0 Å². The second-order valence-electron chi connectivity index (χ2n) is 4.62. The van der Waals surface area contributed by atoms with Crippen LogP contribution in [0.3, 0.4) is 0 Å². The van der Waals surface area contributed by atoms with Gasteiger partial charge in [0.2, 0.25) is 0 Å². The smallest absolute Gasteiger partial charge is 0.287 e. The number of carbonyl (C=O) groups is 1. The first-order chi connectivity index (χ1) is 9.51. The molecule has 1 aromatic heterocycles. The van der Waals surface area contributed by atoms with Gasteiger partial charge in [0, 0.05) is 11.8 Å². The number of methoxy groups -OCH3 is 1. The van der Waals surface area contributed by atoms with Crippen LogP contribution in [0.15, 0.2) is 30.3 Å². The summed E-state index contributed by atoms with van der Waals surface area (Å²) in [5.41, 5.74) is 1.61. The monoisotopic (exact) mass is 274 g/mol. The van der Waals surface area contributed by atoms with E-state index in [9.17, 15) is 4.79 Å². The molecule has 0 aliphatic rings. The zero-order chi connectivity index (χ0) is 14.7. The second kappa shape index (κ2) is 5.77. The van der Waals surface area contributed by atoms with E-state index in [1.54, 1.807) is 26.2 Å². The van der Waals surface area contributed by atoms with Gasteiger partial charge in [-0.1, -0.05) is 6.07 Å². The Bertz CT molecular complexity index is 619. The molecular weight excluding hydrogens is 256 g/mol. The molecule has 0 spiro atoms. The van der Waals surface area contributed by atoms with Crippen molar-refractivity contribution in [3.8, 4) is 11.5 Å². The number of hydrogen-bond donors (Lipinski definition) is 0. The van der Waals surface area contributed by atoms with Crippen molar-refractivity contribution in [1.29, 1.82) is 0 Å². The predicted molar refractivity (Wildman–Crippen MR) is 75.4 cm³/mol. The van der Waals surface area contributed by atoms with Crippen LogP contribution in [0.2, 0.25) is 0 Å². The molecule has 0 saturated carbocycles. The third-order valence-electron chi connectivity index (χ3n) is 2.92. The predicted octanol–water partition coefficient (Wildman–Crippen LogP) is 2.62. The van der Waals surface area contributed by atoms with Crippen LogP contribution in [0.25, 0.3) is 0 Å². The summed E-state index contributed by atoms with van der Waals surface area (Å²) >= 11 is 0. The molecule has 20 heavy (non-hydrogen) atoms. The van der Waals surface area contributed by atoms with Gasteiger partial charge in [0.05, 0.1) is 12.8 Å². The summed E-state index contributed by atoms with van der Waals surface area (Å²) in [7, 11) is 1.59. The third kappa shape index (κ3) is 2.99. The van der Waals surface area contributed by atoms with Crippen molar-refractivity contribution in [2.45, 2.75) is 26.9 Å². The summed E-state index contributed by atoms with van der Waals surface area (Å²) in [6.07, 6.45) is -0.625. The van der Waals surface area contributed by atoms with Gasteiger partial charge in [0.15, 0.2) is 6.10 Å². The summed E-state index contributed by atoms with van der Waals surface area (Å²) in [6.45, 7) is 5.40. The summed E-state index contributed by atoms with van der Waals surface area (Å²) in [6, 6.07) is 9.02. The fourth-order valence-electron chi connectivity index (χ4n) is 1.95. The Morgan fingerprint density at radius 2 is 1.95 bits per heavy atom. The Hall–Kier alpha value is -2.30. The highest BCUT2D eigenvalue weighted by atomic mass is 16.5. The molecular formula is C15H18N2O3. The van der Waals surface area contributed by atoms with E-state index in [2.05, 4.69) is 5.10 Å². The van der Waals surface area contributed by atoms with Gasteiger partial charge in [0.25, 0.3) is 5.91 Å². The Kier molecular flexibility index (Phi) is 4.08. The van der Waals surface area contributed by atoms with Crippen LogP contribution in [-0.4, -0.2) is 28.9 Å². The Balaban J connectivity index is 2.13. The molecule has 0 N–H and O–H groups in total. The van der Waals surface area contributed by atoms with E-state index in [1.807, 2.05) is 32.0 Å². The van der Waals surface area contributed by atoms with Crippen LogP contribution in [0, 0.1) is 13.8 Å². The van der Waals surface area contributed by atoms with Crippen molar-refractivity contribution < 1.29 is 14.3 Å². The number of hydrogen-bond acceptors (Lipinski definition) is 4. The van der Waals surface area contributed by atoms with Gasteiger partial charge in [-0.15, -0.1) is 0 Å². The number of benzene rings is 1. The lowest BCUT2D eigenvalue weighted by Gasteiger charge is -2.14. The molecule has 1 aromatic carbocycles. The van der Waals surface area contributed by atoms with Crippen LogP contribution in [0.1, 0.15) is 23.1 Å². The van der Waals surface area contributed by atoms with Crippen LogP contribution in [0.4, 0.5) is 0 Å². The molecule has 0 amide bonds. The first kappa shape index (κ1) is 14.1. The van der Waals surface area contributed by atoms with Gasteiger partial charge in [0.1, 0.15) is 11.5 Å². The van der Waals surface area contributed by atoms with E-state index in [-0.39, 0.29) is 5.91 Å². The molecule has 106 valence electrons. The molecule has 1 heterocycles. The van der Waals surface area contributed by atoms with E-state index < -0.39 is 6.10 Å². The van der Waals surface area contributed by atoms with Crippen molar-refractivity contribution in [1.82, 2.24) is 9.78 Å². The maximum Gasteiger partial charge on any atom is 0.287 e.